The second-order valence-electron chi connectivity index (χ2n) is 19.8. The zero-order valence-corrected chi connectivity index (χ0v) is 47.9. The van der Waals surface area contributed by atoms with Crippen LogP contribution in [0.3, 0.4) is 0 Å². The average Bonchev–Trinajstić information content (AvgIpc) is 3.47. The fourth-order valence-electron chi connectivity index (χ4n) is 7.30. The third-order valence-electron chi connectivity index (χ3n) is 12.5. The highest BCUT2D eigenvalue weighted by molar-refractivity contribution is 6.09. The molecule has 0 aromatic heterocycles. The first-order chi connectivity index (χ1) is 38.4. The quantitative estimate of drug-likeness (QED) is 0.0252. The SMILES string of the molecule is CC(=O)N[C@@H](Cc1ccc(C(=O)c2ccccc2)cc1)C(=O)N[C@@H](C)C(=O)N[C@@H](C)C(=O)N[C@@H](C)C(=O)N[C@@H](C)C(=O)N[C@@H](C)C(=O)N[C@@H](C)C(=O)N[C@@H](C)C(=O)N[C@@H](C)C(=O)N[C@@H](C)C(=O)N[C@@H](C)C(=O)N[C@@H](CCCCN)C(=O)O. The van der Waals surface area contributed by atoms with Crippen LogP contribution in [0.25, 0.3) is 0 Å². The van der Waals surface area contributed by atoms with E-state index in [1.165, 1.54) is 76.2 Å². The minimum absolute atomic E-state index is 0.0194. The van der Waals surface area contributed by atoms with Crippen LogP contribution in [0, 0.1) is 0 Å². The van der Waals surface area contributed by atoms with Crippen molar-refractivity contribution in [3.63, 3.8) is 0 Å². The number of amides is 12. The van der Waals surface area contributed by atoms with Gasteiger partial charge >= 0.3 is 5.97 Å². The zero-order valence-electron chi connectivity index (χ0n) is 47.9. The molecule has 2 rings (SSSR count). The molecule has 0 saturated carbocycles. The Bertz CT molecular complexity index is 2640. The van der Waals surface area contributed by atoms with E-state index in [-0.39, 0.29) is 18.6 Å². The molecule has 15 N–H and O–H groups in total. The lowest BCUT2D eigenvalue weighted by atomic mass is 9.99. The molecule has 0 heterocycles. The molecule has 12 atom stereocenters. The third kappa shape index (κ3) is 23.5. The summed E-state index contributed by atoms with van der Waals surface area (Å²) in [6.07, 6.45) is 1.16. The van der Waals surface area contributed by atoms with Crippen LogP contribution in [0.5, 0.6) is 0 Å². The Morgan fingerprint density at radius 2 is 0.646 bits per heavy atom. The highest BCUT2D eigenvalue weighted by Gasteiger charge is 2.31. The predicted octanol–water partition coefficient (Wildman–Crippen LogP) is -3.29. The number of carbonyl (C=O) groups excluding carboxylic acids is 13. The first-order valence-electron chi connectivity index (χ1n) is 26.6. The summed E-state index contributed by atoms with van der Waals surface area (Å²) in [5.74, 6) is -10.7. The highest BCUT2D eigenvalue weighted by atomic mass is 16.4. The van der Waals surface area contributed by atoms with E-state index in [1.54, 1.807) is 54.6 Å². The number of nitrogens with two attached hydrogens (primary N) is 1. The maximum absolute atomic E-state index is 13.3. The van der Waals surface area contributed by atoms with E-state index in [0.717, 1.165) is 0 Å². The Morgan fingerprint density at radius 3 is 0.927 bits per heavy atom. The Kier molecular flexibility index (Phi) is 28.5. The standard InChI is InChI=1S/C54H79N13O15/c1-26(43(70)56-27(2)44(71)58-29(4)46(73)60-31(6)48(75)62-33(8)50(77)64-35(10)52(79)67-40(54(81)82)19-15-16-24-55)57-45(72)28(3)59-47(74)30(5)61-49(76)32(7)63-51(78)34(9)65-53(80)41(66-36(11)68)25-37-20-22-39(23-21-37)42(69)38-17-13-12-14-18-38/h12-14,17-18,20-23,26-35,40-41H,15-16,19,24-25,55H2,1-11H3,(H,56,70)(H,57,72)(H,58,71)(H,59,74)(H,60,73)(H,61,76)(H,62,75)(H,63,78)(H,64,77)(H,65,80)(H,66,68)(H,67,79)(H,81,82)/t26-,27-,28-,29-,30-,31-,32-,33-,34-,35-,40-,41-/m0/s1. The van der Waals surface area contributed by atoms with Crippen LogP contribution in [0.15, 0.2) is 54.6 Å². The molecule has 2 aromatic carbocycles. The number of nitrogens with one attached hydrogen (secondary N) is 12. The second-order valence-corrected chi connectivity index (χ2v) is 19.8. The molecule has 28 nitrogen and oxygen atoms in total. The lowest BCUT2D eigenvalue weighted by molar-refractivity contribution is -0.142. The number of ketones is 1. The van der Waals surface area contributed by atoms with E-state index in [1.807, 2.05) is 0 Å². The van der Waals surface area contributed by atoms with Crippen LogP contribution in [-0.2, 0) is 68.7 Å². The molecule has 0 aliphatic carbocycles. The van der Waals surface area contributed by atoms with E-state index < -0.39 is 149 Å². The Morgan fingerprint density at radius 1 is 0.366 bits per heavy atom. The smallest absolute Gasteiger partial charge is 0.326 e. The number of carboxylic acid groups (broad SMARTS) is 1. The monoisotopic (exact) mass is 1150 g/mol. The van der Waals surface area contributed by atoms with Crippen LogP contribution in [-0.4, -0.2) is 167 Å². The van der Waals surface area contributed by atoms with Crippen molar-refractivity contribution in [1.82, 2.24) is 63.8 Å². The number of hydrogen-bond acceptors (Lipinski definition) is 15. The fraction of sp³-hybridized carbons (Fsp3) is 0.519. The van der Waals surface area contributed by atoms with Gasteiger partial charge in [-0.2, -0.15) is 0 Å². The molecule has 28 heteroatoms. The topological polar surface area (TPSA) is 430 Å². The summed E-state index contributed by atoms with van der Waals surface area (Å²) in [4.78, 5) is 179. The molecule has 0 unspecified atom stereocenters. The average molecular weight is 1150 g/mol. The number of carbonyl (C=O) groups is 14. The van der Waals surface area contributed by atoms with Crippen molar-refractivity contribution < 1.29 is 72.2 Å². The molecule has 0 radical (unpaired) electrons. The van der Waals surface area contributed by atoms with Gasteiger partial charge in [0.05, 0.1) is 0 Å². The molecule has 0 fully saturated rings. The predicted molar refractivity (Wildman–Crippen MR) is 296 cm³/mol. The summed E-state index contributed by atoms with van der Waals surface area (Å²) < 4.78 is 0. The van der Waals surface area contributed by atoms with Gasteiger partial charge in [-0.15, -0.1) is 0 Å². The van der Waals surface area contributed by atoms with Crippen LogP contribution < -0.4 is 69.5 Å². The molecule has 0 aliphatic rings. The number of unbranched alkanes of at least 4 members (excludes halogenated alkanes) is 1. The minimum atomic E-state index is -1.26. The van der Waals surface area contributed by atoms with Gasteiger partial charge in [0, 0.05) is 24.5 Å². The Hall–Kier alpha value is -8.82. The maximum Gasteiger partial charge on any atom is 0.326 e. The molecule has 450 valence electrons. The molecule has 2 aromatic rings. The Labute approximate surface area is 475 Å². The molecule has 82 heavy (non-hydrogen) atoms. The van der Waals surface area contributed by atoms with Crippen molar-refractivity contribution in [2.75, 3.05) is 6.54 Å². The summed E-state index contributed by atoms with van der Waals surface area (Å²) in [7, 11) is 0. The van der Waals surface area contributed by atoms with Gasteiger partial charge < -0.3 is 74.6 Å². The summed E-state index contributed by atoms with van der Waals surface area (Å²) >= 11 is 0. The summed E-state index contributed by atoms with van der Waals surface area (Å²) in [5.41, 5.74) is 6.98. The van der Waals surface area contributed by atoms with Crippen LogP contribution >= 0.6 is 0 Å². The molecular formula is C54H79N13O15. The largest absolute Gasteiger partial charge is 0.480 e. The first-order valence-corrected chi connectivity index (χ1v) is 26.6. The normalized spacial score (nSPS) is 15.2. The number of rotatable bonds is 32. The lowest BCUT2D eigenvalue weighted by Crippen LogP contribution is -2.58. The summed E-state index contributed by atoms with van der Waals surface area (Å²) in [5, 5.41) is 38.4. The number of carboxylic acids is 1. The molecule has 0 aliphatic heterocycles. The minimum Gasteiger partial charge on any atom is -0.480 e. The third-order valence-corrected chi connectivity index (χ3v) is 12.5. The van der Waals surface area contributed by atoms with Crippen LogP contribution in [0.2, 0.25) is 0 Å². The number of benzene rings is 2. The fourth-order valence-corrected chi connectivity index (χ4v) is 7.30. The van der Waals surface area contributed by atoms with Gasteiger partial charge in [-0.25, -0.2) is 4.79 Å². The molecule has 0 spiro atoms. The van der Waals surface area contributed by atoms with Crippen molar-refractivity contribution in [2.24, 2.45) is 5.73 Å². The van der Waals surface area contributed by atoms with E-state index in [9.17, 15) is 72.2 Å². The highest BCUT2D eigenvalue weighted by Crippen LogP contribution is 2.13. The second kappa shape index (κ2) is 33.7. The van der Waals surface area contributed by atoms with Crippen molar-refractivity contribution in [1.29, 1.82) is 0 Å². The van der Waals surface area contributed by atoms with E-state index in [4.69, 9.17) is 5.73 Å². The van der Waals surface area contributed by atoms with Crippen molar-refractivity contribution in [3.8, 4) is 0 Å². The number of hydrogen-bond donors (Lipinski definition) is 14. The van der Waals surface area contributed by atoms with Crippen molar-refractivity contribution in [3.05, 3.63) is 71.3 Å². The summed E-state index contributed by atoms with van der Waals surface area (Å²) in [6, 6.07) is 0.590. The van der Waals surface area contributed by atoms with Gasteiger partial charge in [0.2, 0.25) is 70.9 Å². The van der Waals surface area contributed by atoms with Gasteiger partial charge in [-0.1, -0.05) is 54.6 Å². The van der Waals surface area contributed by atoms with Gasteiger partial charge in [0.15, 0.2) is 5.78 Å². The van der Waals surface area contributed by atoms with E-state index in [0.29, 0.717) is 36.1 Å². The molecule has 12 amide bonds. The lowest BCUT2D eigenvalue weighted by Gasteiger charge is -2.24. The van der Waals surface area contributed by atoms with Crippen LogP contribution in [0.4, 0.5) is 0 Å². The first kappa shape index (κ1) is 69.3. The van der Waals surface area contributed by atoms with Gasteiger partial charge in [0.25, 0.3) is 0 Å². The van der Waals surface area contributed by atoms with Gasteiger partial charge in [-0.05, 0) is 101 Å². The van der Waals surface area contributed by atoms with Crippen molar-refractivity contribution >= 4 is 82.6 Å². The number of aliphatic carboxylic acids is 1. The summed E-state index contributed by atoms with van der Waals surface area (Å²) in [6.45, 7) is 14.7. The molecular weight excluding hydrogens is 1070 g/mol. The molecule has 0 bridgehead atoms. The Balaban J connectivity index is 1.81. The van der Waals surface area contributed by atoms with E-state index in [2.05, 4.69) is 63.8 Å². The van der Waals surface area contributed by atoms with Crippen molar-refractivity contribution in [2.45, 2.75) is 174 Å². The maximum atomic E-state index is 13.3. The van der Waals surface area contributed by atoms with Gasteiger partial charge in [-0.3, -0.25) is 62.3 Å². The van der Waals surface area contributed by atoms with E-state index >= 15 is 0 Å². The van der Waals surface area contributed by atoms with Gasteiger partial charge in [0.1, 0.15) is 72.5 Å². The zero-order chi connectivity index (χ0) is 62.1. The molecule has 0 saturated heterocycles. The van der Waals surface area contributed by atoms with Crippen LogP contribution in [0.1, 0.15) is 117 Å².